The number of thiazole rings is 1. The van der Waals surface area contributed by atoms with Gasteiger partial charge in [0.1, 0.15) is 0 Å². The van der Waals surface area contributed by atoms with Gasteiger partial charge in [0.05, 0.1) is 5.01 Å². The molecule has 1 fully saturated rings. The van der Waals surface area contributed by atoms with E-state index in [1.807, 2.05) is 6.20 Å². The molecule has 0 amide bonds. The summed E-state index contributed by atoms with van der Waals surface area (Å²) in [6, 6.07) is 0.518. The minimum absolute atomic E-state index is 0.305. The molecule has 114 valence electrons. The molecule has 4 heteroatoms. The summed E-state index contributed by atoms with van der Waals surface area (Å²) in [5.41, 5.74) is 0.305. The van der Waals surface area contributed by atoms with Gasteiger partial charge in [0, 0.05) is 29.6 Å². The number of nitrogens with one attached hydrogen (secondary N) is 1. The molecule has 0 spiro atoms. The van der Waals surface area contributed by atoms with Crippen LogP contribution in [0.15, 0.2) is 11.6 Å². The summed E-state index contributed by atoms with van der Waals surface area (Å²) in [5.74, 6) is 0. The molecule has 0 radical (unpaired) electrons. The van der Waals surface area contributed by atoms with Crippen molar-refractivity contribution in [2.45, 2.75) is 63.5 Å². The highest BCUT2D eigenvalue weighted by atomic mass is 32.1. The highest BCUT2D eigenvalue weighted by Crippen LogP contribution is 2.36. The highest BCUT2D eigenvalue weighted by Gasteiger charge is 2.41. The fraction of sp³-hybridized carbons (Fsp3) is 0.812. The van der Waals surface area contributed by atoms with Crippen LogP contribution in [0.5, 0.6) is 0 Å². The maximum absolute atomic E-state index is 4.51. The zero-order chi connectivity index (χ0) is 14.4. The molecule has 1 aliphatic rings. The second-order valence-corrected chi connectivity index (χ2v) is 7.17. The van der Waals surface area contributed by atoms with Crippen molar-refractivity contribution in [2.24, 2.45) is 0 Å². The second-order valence-electron chi connectivity index (χ2n) is 6.20. The minimum atomic E-state index is 0.305. The predicted octanol–water partition coefficient (Wildman–Crippen LogP) is 3.32. The Balaban J connectivity index is 2.17. The molecule has 0 bridgehead atoms. The Bertz CT molecular complexity index is 369. The van der Waals surface area contributed by atoms with Gasteiger partial charge in [0.2, 0.25) is 0 Å². The first-order valence-corrected chi connectivity index (χ1v) is 8.86. The van der Waals surface area contributed by atoms with Gasteiger partial charge in [-0.3, -0.25) is 0 Å². The second kappa shape index (κ2) is 7.53. The fourth-order valence-corrected chi connectivity index (χ4v) is 4.23. The van der Waals surface area contributed by atoms with Gasteiger partial charge >= 0.3 is 0 Å². The molecule has 0 saturated heterocycles. The van der Waals surface area contributed by atoms with Crippen LogP contribution >= 0.6 is 11.3 Å². The van der Waals surface area contributed by atoms with E-state index in [-0.39, 0.29) is 0 Å². The molecule has 1 heterocycles. The largest absolute Gasteiger partial charge is 0.312 e. The number of rotatable bonds is 7. The Hall–Kier alpha value is -0.450. The number of aromatic nitrogens is 1. The van der Waals surface area contributed by atoms with E-state index in [1.165, 1.54) is 43.5 Å². The molecular formula is C16H29N3S. The van der Waals surface area contributed by atoms with Gasteiger partial charge in [-0.05, 0) is 39.9 Å². The van der Waals surface area contributed by atoms with Crippen LogP contribution in [-0.4, -0.2) is 42.1 Å². The Morgan fingerprint density at radius 1 is 1.35 bits per heavy atom. The Labute approximate surface area is 127 Å². The normalized spacial score (nSPS) is 20.2. The summed E-state index contributed by atoms with van der Waals surface area (Å²) in [7, 11) is 4.52. The van der Waals surface area contributed by atoms with E-state index in [9.17, 15) is 0 Å². The minimum Gasteiger partial charge on any atom is -0.312 e. The van der Waals surface area contributed by atoms with E-state index < -0.39 is 0 Å². The zero-order valence-corrected chi connectivity index (χ0v) is 14.0. The summed E-state index contributed by atoms with van der Waals surface area (Å²) in [6.07, 6.45) is 10.9. The van der Waals surface area contributed by atoms with E-state index in [2.05, 4.69) is 41.6 Å². The molecule has 1 atom stereocenters. The van der Waals surface area contributed by atoms with E-state index >= 15 is 0 Å². The Morgan fingerprint density at radius 2 is 2.10 bits per heavy atom. The van der Waals surface area contributed by atoms with E-state index in [0.717, 1.165) is 13.0 Å². The van der Waals surface area contributed by atoms with Crippen LogP contribution in [0, 0.1) is 0 Å². The van der Waals surface area contributed by atoms with Crippen LogP contribution in [0.3, 0.4) is 0 Å². The third-order valence-corrected chi connectivity index (χ3v) is 5.56. The Morgan fingerprint density at radius 3 is 2.65 bits per heavy atom. The third kappa shape index (κ3) is 3.60. The first-order chi connectivity index (χ1) is 9.69. The lowest BCUT2D eigenvalue weighted by Crippen LogP contribution is -2.61. The fourth-order valence-electron chi connectivity index (χ4n) is 3.57. The van der Waals surface area contributed by atoms with Crippen molar-refractivity contribution in [3.63, 3.8) is 0 Å². The first kappa shape index (κ1) is 15.9. The summed E-state index contributed by atoms with van der Waals surface area (Å²) in [5, 5.41) is 7.19. The van der Waals surface area contributed by atoms with Crippen LogP contribution in [-0.2, 0) is 6.42 Å². The number of likely N-dealkylation sites (N-methyl/N-ethyl adjacent to an activating group) is 1. The number of nitrogens with zero attached hydrogens (tertiary/aromatic N) is 2. The van der Waals surface area contributed by atoms with Crippen LogP contribution in [0.1, 0.15) is 50.5 Å². The van der Waals surface area contributed by atoms with Gasteiger partial charge in [0.25, 0.3) is 0 Å². The van der Waals surface area contributed by atoms with Gasteiger partial charge in [-0.15, -0.1) is 11.3 Å². The lowest BCUT2D eigenvalue weighted by atomic mass is 9.74. The van der Waals surface area contributed by atoms with Crippen molar-refractivity contribution in [3.05, 3.63) is 16.6 Å². The standard InChI is InChI=1S/C16H29N3S/c1-4-10-17-14(13-15-18-11-12-20-15)16(19(2)3)8-6-5-7-9-16/h11-12,14,17H,4-10,13H2,1-3H3. The van der Waals surface area contributed by atoms with Crippen molar-refractivity contribution in [2.75, 3.05) is 20.6 Å². The quantitative estimate of drug-likeness (QED) is 0.836. The van der Waals surface area contributed by atoms with Gasteiger partial charge in [0.15, 0.2) is 0 Å². The molecule has 1 aromatic heterocycles. The molecule has 3 nitrogen and oxygen atoms in total. The van der Waals surface area contributed by atoms with Gasteiger partial charge in [-0.2, -0.15) is 0 Å². The number of hydrogen-bond acceptors (Lipinski definition) is 4. The lowest BCUT2D eigenvalue weighted by Gasteiger charge is -2.49. The SMILES string of the molecule is CCCNC(Cc1nccs1)C1(N(C)C)CCCCC1. The van der Waals surface area contributed by atoms with Gasteiger partial charge < -0.3 is 10.2 Å². The van der Waals surface area contributed by atoms with E-state index in [1.54, 1.807) is 11.3 Å². The molecule has 0 aromatic carbocycles. The maximum atomic E-state index is 4.51. The summed E-state index contributed by atoms with van der Waals surface area (Å²) in [6.45, 7) is 3.35. The van der Waals surface area contributed by atoms with Crippen LogP contribution in [0.2, 0.25) is 0 Å². The van der Waals surface area contributed by atoms with Crippen molar-refractivity contribution < 1.29 is 0 Å². The smallest absolute Gasteiger partial charge is 0.0941 e. The van der Waals surface area contributed by atoms with Crippen molar-refractivity contribution in [1.29, 1.82) is 0 Å². The Kier molecular flexibility index (Phi) is 6.00. The van der Waals surface area contributed by atoms with Crippen LogP contribution in [0.25, 0.3) is 0 Å². The molecule has 1 saturated carbocycles. The zero-order valence-electron chi connectivity index (χ0n) is 13.2. The lowest BCUT2D eigenvalue weighted by molar-refractivity contribution is 0.0568. The first-order valence-electron chi connectivity index (χ1n) is 7.98. The summed E-state index contributed by atoms with van der Waals surface area (Å²) in [4.78, 5) is 6.99. The maximum Gasteiger partial charge on any atom is 0.0941 e. The molecule has 1 N–H and O–H groups in total. The summed E-state index contributed by atoms with van der Waals surface area (Å²) >= 11 is 1.79. The average Bonchev–Trinajstić information content (AvgIpc) is 2.97. The summed E-state index contributed by atoms with van der Waals surface area (Å²) < 4.78 is 0. The molecule has 20 heavy (non-hydrogen) atoms. The molecule has 2 rings (SSSR count). The third-order valence-electron chi connectivity index (χ3n) is 4.76. The van der Waals surface area contributed by atoms with E-state index in [4.69, 9.17) is 0 Å². The monoisotopic (exact) mass is 295 g/mol. The molecule has 1 unspecified atom stereocenters. The number of hydrogen-bond donors (Lipinski definition) is 1. The molecule has 1 aliphatic carbocycles. The molecule has 0 aliphatic heterocycles. The van der Waals surface area contributed by atoms with E-state index in [0.29, 0.717) is 11.6 Å². The highest BCUT2D eigenvalue weighted by molar-refractivity contribution is 7.09. The van der Waals surface area contributed by atoms with Gasteiger partial charge in [-0.1, -0.05) is 26.2 Å². The average molecular weight is 295 g/mol. The van der Waals surface area contributed by atoms with Crippen molar-refractivity contribution in [3.8, 4) is 0 Å². The van der Waals surface area contributed by atoms with Crippen molar-refractivity contribution >= 4 is 11.3 Å². The topological polar surface area (TPSA) is 28.2 Å². The van der Waals surface area contributed by atoms with Gasteiger partial charge in [-0.25, -0.2) is 4.98 Å². The predicted molar refractivity (Wildman–Crippen MR) is 87.4 cm³/mol. The van der Waals surface area contributed by atoms with Crippen LogP contribution in [0.4, 0.5) is 0 Å². The molecular weight excluding hydrogens is 266 g/mol. The molecule has 1 aromatic rings. The van der Waals surface area contributed by atoms with Crippen molar-refractivity contribution in [1.82, 2.24) is 15.2 Å². The van der Waals surface area contributed by atoms with Crippen LogP contribution < -0.4 is 5.32 Å².